The Morgan fingerprint density at radius 3 is 2.48 bits per heavy atom. The molecular weight excluding hydrogens is 282 g/mol. The molecule has 1 aliphatic heterocycles. The van der Waals surface area contributed by atoms with E-state index in [2.05, 4.69) is 59.6 Å². The van der Waals surface area contributed by atoms with E-state index in [1.165, 1.54) is 22.3 Å². The summed E-state index contributed by atoms with van der Waals surface area (Å²) < 4.78 is 6.25. The largest absolute Gasteiger partial charge is 0.369 e. The van der Waals surface area contributed by atoms with Gasteiger partial charge in [-0.15, -0.1) is 0 Å². The molecule has 0 fully saturated rings. The van der Waals surface area contributed by atoms with Crippen molar-refractivity contribution >= 4 is 0 Å². The van der Waals surface area contributed by atoms with Crippen LogP contribution in [0.3, 0.4) is 0 Å². The first-order valence-corrected chi connectivity index (χ1v) is 8.10. The highest BCUT2D eigenvalue weighted by molar-refractivity contribution is 5.64. The number of aryl methyl sites for hydroxylation is 1. The summed E-state index contributed by atoms with van der Waals surface area (Å²) in [6, 6.07) is 23.1. The molecule has 114 valence electrons. The van der Waals surface area contributed by atoms with Gasteiger partial charge in [0, 0.05) is 11.8 Å². The Morgan fingerprint density at radius 2 is 1.61 bits per heavy atom. The van der Waals surface area contributed by atoms with Gasteiger partial charge in [-0.1, -0.05) is 54.6 Å². The van der Waals surface area contributed by atoms with Gasteiger partial charge in [0.15, 0.2) is 0 Å². The fraction of sp³-hybridized carbons (Fsp3) is 0.190. The molecule has 1 aromatic heterocycles. The fourth-order valence-corrected chi connectivity index (χ4v) is 3.28. The second-order valence-electron chi connectivity index (χ2n) is 5.91. The number of ether oxygens (including phenoxy) is 1. The van der Waals surface area contributed by atoms with Crippen molar-refractivity contribution in [3.8, 4) is 11.3 Å². The lowest BCUT2D eigenvalue weighted by atomic mass is 9.95. The summed E-state index contributed by atoms with van der Waals surface area (Å²) in [5.41, 5.74) is 6.13. The lowest BCUT2D eigenvalue weighted by Crippen LogP contribution is -2.05. The van der Waals surface area contributed by atoms with Gasteiger partial charge in [-0.3, -0.25) is 4.98 Å². The van der Waals surface area contributed by atoms with Gasteiger partial charge in [0.05, 0.1) is 18.4 Å². The van der Waals surface area contributed by atoms with E-state index in [1.54, 1.807) is 0 Å². The number of rotatable bonds is 2. The van der Waals surface area contributed by atoms with E-state index in [1.807, 2.05) is 18.3 Å². The second-order valence-corrected chi connectivity index (χ2v) is 5.91. The molecule has 4 rings (SSSR count). The maximum absolute atomic E-state index is 6.25. The number of pyridine rings is 1. The van der Waals surface area contributed by atoms with Crippen LogP contribution >= 0.6 is 0 Å². The third kappa shape index (κ3) is 2.90. The van der Waals surface area contributed by atoms with Crippen LogP contribution < -0.4 is 0 Å². The SMILES string of the molecule is c1ccc(-c2ccccc2[C@@H]2CCc3ccccc3CO2)nc1. The van der Waals surface area contributed by atoms with Crippen LogP contribution in [0.2, 0.25) is 0 Å². The summed E-state index contributed by atoms with van der Waals surface area (Å²) >= 11 is 0. The molecule has 3 aromatic rings. The zero-order valence-electron chi connectivity index (χ0n) is 13.0. The smallest absolute Gasteiger partial charge is 0.0839 e. The van der Waals surface area contributed by atoms with Crippen LogP contribution in [0.15, 0.2) is 72.9 Å². The summed E-state index contributed by atoms with van der Waals surface area (Å²) in [5.74, 6) is 0. The molecule has 0 saturated heterocycles. The quantitative estimate of drug-likeness (QED) is 0.668. The molecule has 2 heteroatoms. The molecular formula is C21H19NO. The van der Waals surface area contributed by atoms with Crippen molar-refractivity contribution in [2.45, 2.75) is 25.6 Å². The Bertz CT molecular complexity index is 771. The average Bonchev–Trinajstić information content (AvgIpc) is 2.85. The zero-order chi connectivity index (χ0) is 15.5. The molecule has 0 radical (unpaired) electrons. The van der Waals surface area contributed by atoms with Crippen molar-refractivity contribution in [3.05, 3.63) is 89.6 Å². The monoisotopic (exact) mass is 301 g/mol. The maximum Gasteiger partial charge on any atom is 0.0839 e. The number of benzene rings is 2. The maximum atomic E-state index is 6.25. The molecule has 23 heavy (non-hydrogen) atoms. The normalized spacial score (nSPS) is 17.3. The van der Waals surface area contributed by atoms with Crippen molar-refractivity contribution in [2.24, 2.45) is 0 Å². The summed E-state index contributed by atoms with van der Waals surface area (Å²) in [6.07, 6.45) is 4.01. The molecule has 2 heterocycles. The van der Waals surface area contributed by atoms with Crippen LogP contribution in [-0.2, 0) is 17.8 Å². The highest BCUT2D eigenvalue weighted by atomic mass is 16.5. The summed E-state index contributed by atoms with van der Waals surface area (Å²) in [6.45, 7) is 0.678. The first kappa shape index (κ1) is 14.2. The number of aromatic nitrogens is 1. The van der Waals surface area contributed by atoms with Gasteiger partial charge in [0.1, 0.15) is 0 Å². The summed E-state index contributed by atoms with van der Waals surface area (Å²) in [5, 5.41) is 0. The minimum absolute atomic E-state index is 0.112. The predicted molar refractivity (Wildman–Crippen MR) is 92.0 cm³/mol. The number of nitrogens with zero attached hydrogens (tertiary/aromatic N) is 1. The van der Waals surface area contributed by atoms with Crippen molar-refractivity contribution < 1.29 is 4.74 Å². The Morgan fingerprint density at radius 1 is 0.826 bits per heavy atom. The minimum Gasteiger partial charge on any atom is -0.369 e. The van der Waals surface area contributed by atoms with Crippen molar-refractivity contribution in [3.63, 3.8) is 0 Å². The third-order valence-electron chi connectivity index (χ3n) is 4.48. The van der Waals surface area contributed by atoms with Gasteiger partial charge in [-0.25, -0.2) is 0 Å². The van der Waals surface area contributed by atoms with E-state index in [0.29, 0.717) is 6.61 Å². The molecule has 1 atom stereocenters. The average molecular weight is 301 g/mol. The fourth-order valence-electron chi connectivity index (χ4n) is 3.28. The van der Waals surface area contributed by atoms with Gasteiger partial charge in [0.2, 0.25) is 0 Å². The van der Waals surface area contributed by atoms with E-state index in [-0.39, 0.29) is 6.10 Å². The van der Waals surface area contributed by atoms with Crippen LogP contribution in [0.25, 0.3) is 11.3 Å². The Hall–Kier alpha value is -2.45. The van der Waals surface area contributed by atoms with E-state index >= 15 is 0 Å². The molecule has 0 N–H and O–H groups in total. The summed E-state index contributed by atoms with van der Waals surface area (Å²) in [7, 11) is 0. The first-order valence-electron chi connectivity index (χ1n) is 8.10. The first-order chi connectivity index (χ1) is 11.4. The van der Waals surface area contributed by atoms with Crippen LogP contribution in [0, 0.1) is 0 Å². The van der Waals surface area contributed by atoms with Gasteiger partial charge in [0.25, 0.3) is 0 Å². The van der Waals surface area contributed by atoms with Crippen molar-refractivity contribution in [1.29, 1.82) is 0 Å². The zero-order valence-corrected chi connectivity index (χ0v) is 13.0. The molecule has 0 aliphatic carbocycles. The molecule has 0 spiro atoms. The molecule has 0 bridgehead atoms. The van der Waals surface area contributed by atoms with Gasteiger partial charge in [-0.05, 0) is 41.7 Å². The topological polar surface area (TPSA) is 22.1 Å². The highest BCUT2D eigenvalue weighted by Gasteiger charge is 2.21. The van der Waals surface area contributed by atoms with Crippen molar-refractivity contribution in [1.82, 2.24) is 4.98 Å². The standard InChI is InChI=1S/C21H19NO/c1-2-8-17-15-23-21(13-12-16(17)7-1)19-10-4-3-9-18(19)20-11-5-6-14-22-20/h1-11,14,21H,12-13,15H2/t21-/m0/s1. The second kappa shape index (κ2) is 6.35. The molecule has 2 aromatic carbocycles. The van der Waals surface area contributed by atoms with E-state index in [4.69, 9.17) is 4.74 Å². The van der Waals surface area contributed by atoms with E-state index < -0.39 is 0 Å². The molecule has 1 aliphatic rings. The van der Waals surface area contributed by atoms with Gasteiger partial charge in [-0.2, -0.15) is 0 Å². The van der Waals surface area contributed by atoms with Gasteiger partial charge < -0.3 is 4.74 Å². The molecule has 0 unspecified atom stereocenters. The van der Waals surface area contributed by atoms with Crippen LogP contribution in [-0.4, -0.2) is 4.98 Å². The van der Waals surface area contributed by atoms with E-state index in [0.717, 1.165) is 18.5 Å². The number of hydrogen-bond donors (Lipinski definition) is 0. The van der Waals surface area contributed by atoms with Crippen LogP contribution in [0.4, 0.5) is 0 Å². The Balaban J connectivity index is 1.67. The Labute approximate surface area is 136 Å². The third-order valence-corrected chi connectivity index (χ3v) is 4.48. The molecule has 0 saturated carbocycles. The molecule has 2 nitrogen and oxygen atoms in total. The lowest BCUT2D eigenvalue weighted by molar-refractivity contribution is 0.0402. The van der Waals surface area contributed by atoms with Crippen LogP contribution in [0.5, 0.6) is 0 Å². The van der Waals surface area contributed by atoms with Crippen molar-refractivity contribution in [2.75, 3.05) is 0 Å². The molecule has 0 amide bonds. The Kier molecular flexibility index (Phi) is 3.91. The predicted octanol–water partition coefficient (Wildman–Crippen LogP) is 4.95. The minimum atomic E-state index is 0.112. The highest BCUT2D eigenvalue weighted by Crippen LogP contribution is 2.34. The van der Waals surface area contributed by atoms with E-state index in [9.17, 15) is 0 Å². The number of fused-ring (bicyclic) bond motifs is 1. The van der Waals surface area contributed by atoms with Gasteiger partial charge >= 0.3 is 0 Å². The summed E-state index contributed by atoms with van der Waals surface area (Å²) in [4.78, 5) is 4.51. The van der Waals surface area contributed by atoms with Crippen LogP contribution in [0.1, 0.15) is 29.2 Å². The lowest BCUT2D eigenvalue weighted by Gasteiger charge is -2.19. The number of hydrogen-bond acceptors (Lipinski definition) is 2.